The van der Waals surface area contributed by atoms with Gasteiger partial charge in [-0.25, -0.2) is 0 Å². The fraction of sp³-hybridized carbons (Fsp3) is 0.308. The molecular weight excluding hydrogens is 200 g/mol. The molecular formula is C13H18N2O. The van der Waals surface area contributed by atoms with E-state index in [1.807, 2.05) is 44.2 Å². The number of para-hydroxylation sites is 1. The van der Waals surface area contributed by atoms with E-state index in [1.54, 1.807) is 6.08 Å². The van der Waals surface area contributed by atoms with E-state index in [9.17, 15) is 4.79 Å². The van der Waals surface area contributed by atoms with Gasteiger partial charge in [0.2, 0.25) is 5.91 Å². The minimum Gasteiger partial charge on any atom is -0.365 e. The molecule has 0 aromatic heterocycles. The Kier molecular flexibility index (Phi) is 5.12. The summed E-state index contributed by atoms with van der Waals surface area (Å²) >= 11 is 0. The minimum absolute atomic E-state index is 0.0360. The Balaban J connectivity index is 2.53. The van der Waals surface area contributed by atoms with Gasteiger partial charge in [0.1, 0.15) is 0 Å². The molecule has 0 aliphatic heterocycles. The van der Waals surface area contributed by atoms with Gasteiger partial charge in [0.25, 0.3) is 0 Å². The molecule has 0 radical (unpaired) electrons. The number of hydrogen-bond donors (Lipinski definition) is 2. The molecule has 1 amide bonds. The largest absolute Gasteiger partial charge is 0.365 e. The van der Waals surface area contributed by atoms with Crippen LogP contribution < -0.4 is 10.6 Å². The second-order valence-corrected chi connectivity index (χ2v) is 3.48. The molecule has 86 valence electrons. The van der Waals surface area contributed by atoms with Crippen molar-refractivity contribution >= 4 is 11.6 Å². The van der Waals surface area contributed by atoms with Crippen molar-refractivity contribution in [3.05, 3.63) is 42.5 Å². The van der Waals surface area contributed by atoms with Gasteiger partial charge in [0, 0.05) is 5.69 Å². The molecule has 0 saturated carbocycles. The molecule has 1 aromatic rings. The standard InChI is InChI=1S/C13H18N2O/c1-3-8-13(16)15-12(4-2)14-11-9-6-5-7-10-11/h3,5-10,12,14H,4H2,1-2H3,(H,15,16)/b8-3+. The first-order valence-corrected chi connectivity index (χ1v) is 5.51. The summed E-state index contributed by atoms with van der Waals surface area (Å²) in [6.07, 6.45) is 4.05. The number of carbonyl (C=O) groups excluding carboxylic acids is 1. The fourth-order valence-corrected chi connectivity index (χ4v) is 1.35. The van der Waals surface area contributed by atoms with Crippen molar-refractivity contribution in [2.45, 2.75) is 26.4 Å². The van der Waals surface area contributed by atoms with E-state index in [-0.39, 0.29) is 12.1 Å². The highest BCUT2D eigenvalue weighted by Crippen LogP contribution is 2.07. The molecule has 1 rings (SSSR count). The molecule has 0 saturated heterocycles. The highest BCUT2D eigenvalue weighted by atomic mass is 16.1. The molecule has 16 heavy (non-hydrogen) atoms. The Bertz CT molecular complexity index is 346. The average molecular weight is 218 g/mol. The molecule has 1 aromatic carbocycles. The summed E-state index contributed by atoms with van der Waals surface area (Å²) in [5.74, 6) is -0.0715. The highest BCUT2D eigenvalue weighted by molar-refractivity contribution is 5.87. The lowest BCUT2D eigenvalue weighted by Gasteiger charge is -2.18. The SMILES string of the molecule is C/C=C/C(=O)NC(CC)Nc1ccccc1. The molecule has 1 unspecified atom stereocenters. The van der Waals surface area contributed by atoms with E-state index in [0.29, 0.717) is 0 Å². The lowest BCUT2D eigenvalue weighted by Crippen LogP contribution is -2.39. The van der Waals surface area contributed by atoms with Gasteiger partial charge in [-0.2, -0.15) is 0 Å². The molecule has 0 bridgehead atoms. The second-order valence-electron chi connectivity index (χ2n) is 3.48. The lowest BCUT2D eigenvalue weighted by atomic mass is 10.3. The predicted octanol–water partition coefficient (Wildman–Crippen LogP) is 2.53. The van der Waals surface area contributed by atoms with Gasteiger partial charge in [0.15, 0.2) is 0 Å². The van der Waals surface area contributed by atoms with Crippen molar-refractivity contribution < 1.29 is 4.79 Å². The summed E-state index contributed by atoms with van der Waals surface area (Å²) in [4.78, 5) is 11.4. The smallest absolute Gasteiger partial charge is 0.245 e. The molecule has 0 aliphatic rings. The van der Waals surface area contributed by atoms with Gasteiger partial charge in [-0.15, -0.1) is 0 Å². The molecule has 0 aliphatic carbocycles. The first kappa shape index (κ1) is 12.3. The van der Waals surface area contributed by atoms with E-state index in [1.165, 1.54) is 6.08 Å². The third-order valence-corrected chi connectivity index (χ3v) is 2.16. The Labute approximate surface area is 96.6 Å². The second kappa shape index (κ2) is 6.67. The number of nitrogens with one attached hydrogen (secondary N) is 2. The van der Waals surface area contributed by atoms with Crippen LogP contribution in [0.25, 0.3) is 0 Å². The van der Waals surface area contributed by atoms with Gasteiger partial charge in [0.05, 0.1) is 6.17 Å². The zero-order valence-corrected chi connectivity index (χ0v) is 9.73. The maximum Gasteiger partial charge on any atom is 0.245 e. The number of rotatable bonds is 5. The van der Waals surface area contributed by atoms with E-state index in [0.717, 1.165) is 12.1 Å². The van der Waals surface area contributed by atoms with Crippen LogP contribution in [-0.2, 0) is 4.79 Å². The summed E-state index contributed by atoms with van der Waals surface area (Å²) in [7, 11) is 0. The maximum atomic E-state index is 11.4. The summed E-state index contributed by atoms with van der Waals surface area (Å²) in [5, 5.41) is 6.13. The average Bonchev–Trinajstić information content (AvgIpc) is 2.30. The van der Waals surface area contributed by atoms with E-state index in [2.05, 4.69) is 10.6 Å². The molecule has 0 fully saturated rings. The van der Waals surface area contributed by atoms with Crippen LogP contribution in [0.5, 0.6) is 0 Å². The van der Waals surface area contributed by atoms with Crippen LogP contribution in [0.3, 0.4) is 0 Å². The first-order chi connectivity index (χ1) is 7.76. The van der Waals surface area contributed by atoms with E-state index < -0.39 is 0 Å². The summed E-state index contributed by atoms with van der Waals surface area (Å²) in [6, 6.07) is 9.84. The van der Waals surface area contributed by atoms with E-state index in [4.69, 9.17) is 0 Å². The highest BCUT2D eigenvalue weighted by Gasteiger charge is 2.06. The molecule has 0 heterocycles. The zero-order chi connectivity index (χ0) is 11.8. The molecule has 3 nitrogen and oxygen atoms in total. The minimum atomic E-state index is -0.0715. The number of benzene rings is 1. The van der Waals surface area contributed by atoms with Gasteiger partial charge in [-0.05, 0) is 31.6 Å². The van der Waals surface area contributed by atoms with Crippen LogP contribution in [0, 0.1) is 0 Å². The Morgan fingerprint density at radius 1 is 1.38 bits per heavy atom. The van der Waals surface area contributed by atoms with Crippen LogP contribution in [0.1, 0.15) is 20.3 Å². The van der Waals surface area contributed by atoms with Crippen LogP contribution in [-0.4, -0.2) is 12.1 Å². The topological polar surface area (TPSA) is 41.1 Å². The monoisotopic (exact) mass is 218 g/mol. The van der Waals surface area contributed by atoms with E-state index >= 15 is 0 Å². The lowest BCUT2D eigenvalue weighted by molar-refractivity contribution is -0.117. The number of hydrogen-bond acceptors (Lipinski definition) is 2. The van der Waals surface area contributed by atoms with Gasteiger partial charge >= 0.3 is 0 Å². The third-order valence-electron chi connectivity index (χ3n) is 2.16. The number of allylic oxidation sites excluding steroid dienone is 1. The molecule has 0 spiro atoms. The van der Waals surface area contributed by atoms with Gasteiger partial charge < -0.3 is 10.6 Å². The summed E-state index contributed by atoms with van der Waals surface area (Å²) in [6.45, 7) is 3.85. The quantitative estimate of drug-likeness (QED) is 0.589. The van der Waals surface area contributed by atoms with Crippen LogP contribution in [0.2, 0.25) is 0 Å². The molecule has 1 atom stereocenters. The van der Waals surface area contributed by atoms with Crippen LogP contribution >= 0.6 is 0 Å². The Hall–Kier alpha value is -1.77. The van der Waals surface area contributed by atoms with Gasteiger partial charge in [-0.1, -0.05) is 31.2 Å². The maximum absolute atomic E-state index is 11.4. The molecule has 3 heteroatoms. The fourth-order valence-electron chi connectivity index (χ4n) is 1.35. The Morgan fingerprint density at radius 3 is 2.62 bits per heavy atom. The predicted molar refractivity (Wildman–Crippen MR) is 67.1 cm³/mol. The van der Waals surface area contributed by atoms with Crippen molar-refractivity contribution in [3.8, 4) is 0 Å². The van der Waals surface area contributed by atoms with Crippen molar-refractivity contribution in [2.24, 2.45) is 0 Å². The van der Waals surface area contributed by atoms with Crippen molar-refractivity contribution in [1.82, 2.24) is 5.32 Å². The summed E-state index contributed by atoms with van der Waals surface area (Å²) < 4.78 is 0. The number of amides is 1. The van der Waals surface area contributed by atoms with Crippen molar-refractivity contribution in [2.75, 3.05) is 5.32 Å². The number of anilines is 1. The number of carbonyl (C=O) groups is 1. The van der Waals surface area contributed by atoms with Crippen LogP contribution in [0.4, 0.5) is 5.69 Å². The first-order valence-electron chi connectivity index (χ1n) is 5.51. The van der Waals surface area contributed by atoms with Gasteiger partial charge in [-0.3, -0.25) is 4.79 Å². The van der Waals surface area contributed by atoms with Crippen molar-refractivity contribution in [1.29, 1.82) is 0 Å². The van der Waals surface area contributed by atoms with Crippen LogP contribution in [0.15, 0.2) is 42.5 Å². The Morgan fingerprint density at radius 2 is 2.06 bits per heavy atom. The summed E-state index contributed by atoms with van der Waals surface area (Å²) in [5.41, 5.74) is 1.01. The molecule has 2 N–H and O–H groups in total. The third kappa shape index (κ3) is 4.17. The zero-order valence-electron chi connectivity index (χ0n) is 9.73. The van der Waals surface area contributed by atoms with Crippen molar-refractivity contribution in [3.63, 3.8) is 0 Å². The normalized spacial score (nSPS) is 12.4.